The molecule has 0 saturated heterocycles. The average molecular weight is 439 g/mol. The number of fused-ring (bicyclic) bond motifs is 2. The summed E-state index contributed by atoms with van der Waals surface area (Å²) in [7, 11) is 0.757. The number of anilines is 2. The molecule has 0 fully saturated rings. The second-order valence-corrected chi connectivity index (χ2v) is 12.7. The molecule has 0 aliphatic carbocycles. The van der Waals surface area contributed by atoms with Crippen LogP contribution >= 0.6 is 0 Å². The SMILES string of the molecule is CO[Si](OC)(N1CCC(C)c2cc(C)cc(C)c21)N1CCC(C)c2cc(C)cc(C)c21. The van der Waals surface area contributed by atoms with Crippen molar-refractivity contribution in [2.24, 2.45) is 0 Å². The summed E-state index contributed by atoms with van der Waals surface area (Å²) in [4.78, 5) is 0. The van der Waals surface area contributed by atoms with Gasteiger partial charge in [-0.15, -0.1) is 0 Å². The van der Waals surface area contributed by atoms with Gasteiger partial charge in [0, 0.05) is 38.7 Å². The second kappa shape index (κ2) is 8.27. The summed E-state index contributed by atoms with van der Waals surface area (Å²) in [5.41, 5.74) is 10.8. The van der Waals surface area contributed by atoms with Crippen LogP contribution in [0.25, 0.3) is 0 Å². The van der Waals surface area contributed by atoms with E-state index in [1.165, 1.54) is 44.8 Å². The topological polar surface area (TPSA) is 24.9 Å². The van der Waals surface area contributed by atoms with Crippen LogP contribution in [0, 0.1) is 27.7 Å². The molecular weight excluding hydrogens is 400 g/mol. The first kappa shape index (κ1) is 22.4. The van der Waals surface area contributed by atoms with Gasteiger partial charge >= 0.3 is 8.88 Å². The van der Waals surface area contributed by atoms with Gasteiger partial charge in [-0.05, 0) is 74.6 Å². The molecule has 2 unspecified atom stereocenters. The molecule has 0 radical (unpaired) electrons. The van der Waals surface area contributed by atoms with E-state index in [4.69, 9.17) is 8.85 Å². The monoisotopic (exact) mass is 438 g/mol. The first-order chi connectivity index (χ1) is 14.7. The van der Waals surface area contributed by atoms with E-state index in [9.17, 15) is 0 Å². The van der Waals surface area contributed by atoms with Crippen molar-refractivity contribution in [3.05, 3.63) is 57.6 Å². The standard InChI is InChI=1S/C26H38N2O2Si/c1-17-13-21(5)25-23(15-17)19(3)9-11-27(25)31(29-7,30-8)28-12-10-20(4)24-16-18(2)14-22(6)26(24)28/h13-16,19-20H,9-12H2,1-8H3. The summed E-state index contributed by atoms with van der Waals surface area (Å²) >= 11 is 0. The number of benzene rings is 2. The largest absolute Gasteiger partial charge is 0.588 e. The van der Waals surface area contributed by atoms with Crippen molar-refractivity contribution in [1.29, 1.82) is 0 Å². The number of hydrogen-bond acceptors (Lipinski definition) is 4. The Morgan fingerprint density at radius 3 is 1.45 bits per heavy atom. The zero-order chi connectivity index (χ0) is 22.5. The molecule has 2 heterocycles. The van der Waals surface area contributed by atoms with Gasteiger partial charge in [0.25, 0.3) is 0 Å². The molecule has 0 bridgehead atoms. The Kier molecular flexibility index (Phi) is 5.97. The van der Waals surface area contributed by atoms with Gasteiger partial charge in [-0.25, -0.2) is 0 Å². The van der Waals surface area contributed by atoms with E-state index < -0.39 is 8.88 Å². The molecule has 0 N–H and O–H groups in total. The highest BCUT2D eigenvalue weighted by molar-refractivity contribution is 6.75. The summed E-state index contributed by atoms with van der Waals surface area (Å²) < 4.78 is 18.0. The molecule has 2 aromatic carbocycles. The van der Waals surface area contributed by atoms with Crippen LogP contribution in [-0.4, -0.2) is 36.2 Å². The molecule has 31 heavy (non-hydrogen) atoms. The molecular formula is C26H38N2O2Si. The van der Waals surface area contributed by atoms with Crippen LogP contribution in [0.1, 0.15) is 71.9 Å². The molecule has 5 heteroatoms. The molecule has 0 amide bonds. The smallest absolute Gasteiger partial charge is 0.365 e. The lowest BCUT2D eigenvalue weighted by Gasteiger charge is -2.51. The maximum absolute atomic E-state index is 6.49. The lowest BCUT2D eigenvalue weighted by Crippen LogP contribution is -2.72. The van der Waals surface area contributed by atoms with Crippen molar-refractivity contribution < 1.29 is 8.85 Å². The Bertz CT molecular complexity index is 910. The highest BCUT2D eigenvalue weighted by atomic mass is 28.4. The lowest BCUT2D eigenvalue weighted by molar-refractivity contribution is 0.231. The number of nitrogens with zero attached hydrogens (tertiary/aromatic N) is 2. The minimum Gasteiger partial charge on any atom is -0.365 e. The summed E-state index contributed by atoms with van der Waals surface area (Å²) in [5, 5.41) is 0. The maximum atomic E-state index is 6.49. The Morgan fingerprint density at radius 1 is 0.710 bits per heavy atom. The van der Waals surface area contributed by atoms with Crippen LogP contribution < -0.4 is 9.13 Å². The van der Waals surface area contributed by atoms with Crippen LogP contribution in [-0.2, 0) is 8.85 Å². The molecule has 0 saturated carbocycles. The summed E-state index contributed by atoms with van der Waals surface area (Å²) in [5.74, 6) is 1.09. The van der Waals surface area contributed by atoms with Crippen LogP contribution in [0.2, 0.25) is 0 Å². The van der Waals surface area contributed by atoms with Crippen LogP contribution in [0.15, 0.2) is 24.3 Å². The molecule has 4 nitrogen and oxygen atoms in total. The third-order valence-corrected chi connectivity index (χ3v) is 10.7. The molecule has 2 aliphatic rings. The van der Waals surface area contributed by atoms with Crippen molar-refractivity contribution in [2.45, 2.75) is 66.2 Å². The summed E-state index contributed by atoms with van der Waals surface area (Å²) in [6, 6.07) is 9.33. The van der Waals surface area contributed by atoms with Gasteiger partial charge in [0.2, 0.25) is 0 Å². The van der Waals surface area contributed by atoms with Gasteiger partial charge in [0.1, 0.15) is 0 Å². The fourth-order valence-corrected chi connectivity index (χ4v) is 9.23. The third-order valence-electron chi connectivity index (χ3n) is 7.34. The molecule has 0 aromatic heterocycles. The second-order valence-electron chi connectivity index (χ2n) is 9.68. The van der Waals surface area contributed by atoms with E-state index in [1.807, 2.05) is 14.2 Å². The first-order valence-corrected chi connectivity index (χ1v) is 13.3. The van der Waals surface area contributed by atoms with E-state index in [2.05, 4.69) is 74.9 Å². The minimum atomic E-state index is -2.93. The zero-order valence-corrected chi connectivity index (χ0v) is 21.5. The van der Waals surface area contributed by atoms with Crippen molar-refractivity contribution in [3.8, 4) is 0 Å². The van der Waals surface area contributed by atoms with Gasteiger partial charge in [0.05, 0.1) is 0 Å². The van der Waals surface area contributed by atoms with E-state index in [-0.39, 0.29) is 0 Å². The predicted molar refractivity (Wildman–Crippen MR) is 132 cm³/mol. The van der Waals surface area contributed by atoms with Crippen LogP contribution in [0.3, 0.4) is 0 Å². The molecule has 2 aromatic rings. The van der Waals surface area contributed by atoms with E-state index in [1.54, 1.807) is 0 Å². The van der Waals surface area contributed by atoms with Crippen molar-refractivity contribution in [1.82, 2.24) is 0 Å². The number of rotatable bonds is 4. The Balaban J connectivity index is 1.92. The normalized spacial score (nSPS) is 21.2. The van der Waals surface area contributed by atoms with Crippen molar-refractivity contribution in [2.75, 3.05) is 36.4 Å². The number of hydrogen-bond donors (Lipinski definition) is 0. The molecule has 168 valence electrons. The van der Waals surface area contributed by atoms with Crippen molar-refractivity contribution in [3.63, 3.8) is 0 Å². The average Bonchev–Trinajstić information content (AvgIpc) is 2.72. The fraction of sp³-hybridized carbons (Fsp3) is 0.538. The van der Waals surface area contributed by atoms with Gasteiger partial charge in [-0.1, -0.05) is 49.2 Å². The van der Waals surface area contributed by atoms with E-state index >= 15 is 0 Å². The fourth-order valence-electron chi connectivity index (χ4n) is 5.89. The first-order valence-electron chi connectivity index (χ1n) is 11.6. The number of aryl methyl sites for hydroxylation is 4. The Morgan fingerprint density at radius 2 is 1.10 bits per heavy atom. The molecule has 0 spiro atoms. The quantitative estimate of drug-likeness (QED) is 0.549. The molecule has 4 rings (SSSR count). The van der Waals surface area contributed by atoms with E-state index in [0.29, 0.717) is 11.8 Å². The molecule has 2 atom stereocenters. The highest BCUT2D eigenvalue weighted by Crippen LogP contribution is 2.46. The third kappa shape index (κ3) is 3.51. The van der Waals surface area contributed by atoms with Crippen LogP contribution in [0.5, 0.6) is 0 Å². The highest BCUT2D eigenvalue weighted by Gasteiger charge is 2.55. The molecule has 2 aliphatic heterocycles. The maximum Gasteiger partial charge on any atom is 0.588 e. The van der Waals surface area contributed by atoms with Crippen molar-refractivity contribution >= 4 is 20.3 Å². The van der Waals surface area contributed by atoms with Gasteiger partial charge in [-0.2, -0.15) is 0 Å². The minimum absolute atomic E-state index is 0.545. The Labute approximate surface area is 189 Å². The summed E-state index contributed by atoms with van der Waals surface area (Å²) in [6.07, 6.45) is 2.22. The van der Waals surface area contributed by atoms with E-state index in [0.717, 1.165) is 25.9 Å². The van der Waals surface area contributed by atoms with Crippen LogP contribution in [0.4, 0.5) is 11.4 Å². The van der Waals surface area contributed by atoms with Gasteiger partial charge < -0.3 is 18.0 Å². The van der Waals surface area contributed by atoms with Gasteiger partial charge in [-0.3, -0.25) is 0 Å². The summed E-state index contributed by atoms with van der Waals surface area (Å²) in [6.45, 7) is 15.5. The predicted octanol–water partition coefficient (Wildman–Crippen LogP) is 5.98. The Hall–Kier alpha value is -1.82. The van der Waals surface area contributed by atoms with Gasteiger partial charge in [0.15, 0.2) is 0 Å². The zero-order valence-electron chi connectivity index (χ0n) is 20.5. The lowest BCUT2D eigenvalue weighted by atomic mass is 9.89.